The Balaban J connectivity index is 1.54. The van der Waals surface area contributed by atoms with Gasteiger partial charge < -0.3 is 19.6 Å². The quantitative estimate of drug-likeness (QED) is 0.785. The Hall–Kier alpha value is -1.02. The maximum absolute atomic E-state index is 5.42. The van der Waals surface area contributed by atoms with E-state index >= 15 is 0 Å². The maximum atomic E-state index is 5.42. The number of nitrogens with zero attached hydrogens (tertiary/aromatic N) is 5. The van der Waals surface area contributed by atoms with Crippen LogP contribution in [0.4, 0.5) is 0 Å². The lowest BCUT2D eigenvalue weighted by atomic mass is 10.1. The molecular formula is C14H26N6O. The van der Waals surface area contributed by atoms with Gasteiger partial charge in [0, 0.05) is 58.3 Å². The summed E-state index contributed by atoms with van der Waals surface area (Å²) in [5, 5.41) is 7.51. The summed E-state index contributed by atoms with van der Waals surface area (Å²) in [5.41, 5.74) is 0. The number of piperazine rings is 2. The first kappa shape index (κ1) is 14.9. The molecule has 2 fully saturated rings. The summed E-state index contributed by atoms with van der Waals surface area (Å²) in [6.45, 7) is 8.26. The smallest absolute Gasteiger partial charge is 0.240 e. The summed E-state index contributed by atoms with van der Waals surface area (Å²) >= 11 is 0. The van der Waals surface area contributed by atoms with Gasteiger partial charge in [0.15, 0.2) is 5.82 Å². The summed E-state index contributed by atoms with van der Waals surface area (Å²) in [6, 6.07) is 0.480. The van der Waals surface area contributed by atoms with Crippen LogP contribution < -0.4 is 5.32 Å². The zero-order chi connectivity index (χ0) is 14.7. The van der Waals surface area contributed by atoms with Crippen molar-refractivity contribution in [2.75, 3.05) is 59.9 Å². The number of likely N-dealkylation sites (N-methyl/N-ethyl adjacent to an activating group) is 2. The van der Waals surface area contributed by atoms with Crippen LogP contribution in [0.1, 0.15) is 11.7 Å². The fourth-order valence-corrected chi connectivity index (χ4v) is 3.03. The van der Waals surface area contributed by atoms with E-state index in [4.69, 9.17) is 4.52 Å². The minimum absolute atomic E-state index is 0.480. The Morgan fingerprint density at radius 1 is 1.19 bits per heavy atom. The second kappa shape index (κ2) is 6.83. The molecule has 0 bridgehead atoms. The molecule has 21 heavy (non-hydrogen) atoms. The van der Waals surface area contributed by atoms with Gasteiger partial charge in [-0.25, -0.2) is 0 Å². The Labute approximate surface area is 126 Å². The summed E-state index contributed by atoms with van der Waals surface area (Å²) < 4.78 is 5.42. The standard InChI is InChI=1S/C14H26N6O/c1-18-7-8-19(2)12(10-18)9-13-16-14(21-17-13)11-20-5-3-15-4-6-20/h12,15H,3-11H2,1-2H3. The lowest BCUT2D eigenvalue weighted by Crippen LogP contribution is -2.50. The molecule has 0 aliphatic carbocycles. The molecule has 118 valence electrons. The zero-order valence-electron chi connectivity index (χ0n) is 13.1. The van der Waals surface area contributed by atoms with Crippen LogP contribution in [-0.4, -0.2) is 90.8 Å². The molecule has 1 aromatic rings. The second-order valence-electron chi connectivity index (χ2n) is 6.23. The topological polar surface area (TPSA) is 60.7 Å². The largest absolute Gasteiger partial charge is 0.338 e. The number of aromatic nitrogens is 2. The van der Waals surface area contributed by atoms with Crippen LogP contribution in [0.3, 0.4) is 0 Å². The molecule has 0 saturated carbocycles. The lowest BCUT2D eigenvalue weighted by molar-refractivity contribution is 0.113. The SMILES string of the molecule is CN1CCN(C)C(Cc2noc(CN3CCNCC3)n2)C1. The van der Waals surface area contributed by atoms with E-state index in [0.717, 1.165) is 70.5 Å². The van der Waals surface area contributed by atoms with Crippen LogP contribution >= 0.6 is 0 Å². The van der Waals surface area contributed by atoms with Crippen molar-refractivity contribution in [3.8, 4) is 0 Å². The number of hydrogen-bond donors (Lipinski definition) is 1. The highest BCUT2D eigenvalue weighted by Gasteiger charge is 2.24. The van der Waals surface area contributed by atoms with E-state index in [0.29, 0.717) is 6.04 Å². The summed E-state index contributed by atoms with van der Waals surface area (Å²) in [5.74, 6) is 1.59. The molecule has 0 spiro atoms. The summed E-state index contributed by atoms with van der Waals surface area (Å²) in [6.07, 6.45) is 0.867. The fourth-order valence-electron chi connectivity index (χ4n) is 3.03. The molecule has 0 aromatic carbocycles. The first-order valence-electron chi connectivity index (χ1n) is 7.84. The molecule has 0 radical (unpaired) electrons. The normalized spacial score (nSPS) is 26.3. The molecular weight excluding hydrogens is 268 g/mol. The van der Waals surface area contributed by atoms with Gasteiger partial charge in [-0.05, 0) is 14.1 Å². The highest BCUT2D eigenvalue weighted by molar-refractivity contribution is 4.93. The molecule has 7 nitrogen and oxygen atoms in total. The van der Waals surface area contributed by atoms with Crippen molar-refractivity contribution in [3.63, 3.8) is 0 Å². The molecule has 0 amide bonds. The van der Waals surface area contributed by atoms with Crippen molar-refractivity contribution in [1.82, 2.24) is 30.2 Å². The van der Waals surface area contributed by atoms with Gasteiger partial charge in [0.1, 0.15) is 0 Å². The Bertz CT molecular complexity index is 444. The van der Waals surface area contributed by atoms with Gasteiger partial charge in [0.2, 0.25) is 5.89 Å². The molecule has 1 atom stereocenters. The first-order valence-corrected chi connectivity index (χ1v) is 7.84. The van der Waals surface area contributed by atoms with E-state index in [1.807, 2.05) is 0 Å². The van der Waals surface area contributed by atoms with Crippen LogP contribution in [0.5, 0.6) is 0 Å². The molecule has 7 heteroatoms. The van der Waals surface area contributed by atoms with E-state index in [1.54, 1.807) is 0 Å². The van der Waals surface area contributed by atoms with Gasteiger partial charge in [0.05, 0.1) is 6.54 Å². The van der Waals surface area contributed by atoms with Crippen LogP contribution in [-0.2, 0) is 13.0 Å². The van der Waals surface area contributed by atoms with Gasteiger partial charge >= 0.3 is 0 Å². The average Bonchev–Trinajstić information content (AvgIpc) is 2.91. The molecule has 1 N–H and O–H groups in total. The van der Waals surface area contributed by atoms with Crippen LogP contribution in [0, 0.1) is 0 Å². The van der Waals surface area contributed by atoms with E-state index < -0.39 is 0 Å². The van der Waals surface area contributed by atoms with Crippen molar-refractivity contribution in [1.29, 1.82) is 0 Å². The predicted molar refractivity (Wildman–Crippen MR) is 80.1 cm³/mol. The van der Waals surface area contributed by atoms with Crippen LogP contribution in [0.15, 0.2) is 4.52 Å². The molecule has 2 aliphatic rings. The number of hydrogen-bond acceptors (Lipinski definition) is 7. The predicted octanol–water partition coefficient (Wildman–Crippen LogP) is -0.737. The van der Waals surface area contributed by atoms with E-state index in [2.05, 4.69) is 44.3 Å². The Morgan fingerprint density at radius 2 is 2.00 bits per heavy atom. The Morgan fingerprint density at radius 3 is 2.81 bits per heavy atom. The molecule has 1 unspecified atom stereocenters. The molecule has 3 rings (SSSR count). The first-order chi connectivity index (χ1) is 10.2. The van der Waals surface area contributed by atoms with Crippen molar-refractivity contribution in [2.24, 2.45) is 0 Å². The van der Waals surface area contributed by atoms with Gasteiger partial charge in [-0.3, -0.25) is 4.90 Å². The zero-order valence-corrected chi connectivity index (χ0v) is 13.1. The minimum Gasteiger partial charge on any atom is -0.338 e. The fraction of sp³-hybridized carbons (Fsp3) is 0.857. The average molecular weight is 294 g/mol. The summed E-state index contributed by atoms with van der Waals surface area (Å²) in [7, 11) is 4.35. The minimum atomic E-state index is 0.480. The number of nitrogens with one attached hydrogen (secondary N) is 1. The van der Waals surface area contributed by atoms with Gasteiger partial charge in [-0.15, -0.1) is 0 Å². The van der Waals surface area contributed by atoms with E-state index in [-0.39, 0.29) is 0 Å². The molecule has 1 aromatic heterocycles. The third kappa shape index (κ3) is 4.00. The third-order valence-electron chi connectivity index (χ3n) is 4.48. The van der Waals surface area contributed by atoms with Crippen molar-refractivity contribution < 1.29 is 4.52 Å². The van der Waals surface area contributed by atoms with Gasteiger partial charge in [0.25, 0.3) is 0 Å². The second-order valence-corrected chi connectivity index (χ2v) is 6.23. The van der Waals surface area contributed by atoms with E-state index in [1.165, 1.54) is 0 Å². The van der Waals surface area contributed by atoms with Crippen LogP contribution in [0.2, 0.25) is 0 Å². The van der Waals surface area contributed by atoms with Crippen molar-refractivity contribution >= 4 is 0 Å². The molecule has 2 saturated heterocycles. The number of rotatable bonds is 4. The molecule has 3 heterocycles. The van der Waals surface area contributed by atoms with Crippen LogP contribution in [0.25, 0.3) is 0 Å². The van der Waals surface area contributed by atoms with E-state index in [9.17, 15) is 0 Å². The highest BCUT2D eigenvalue weighted by Crippen LogP contribution is 2.11. The summed E-state index contributed by atoms with van der Waals surface area (Å²) in [4.78, 5) is 11.7. The highest BCUT2D eigenvalue weighted by atomic mass is 16.5. The maximum Gasteiger partial charge on any atom is 0.240 e. The third-order valence-corrected chi connectivity index (χ3v) is 4.48. The molecule has 2 aliphatic heterocycles. The Kier molecular flexibility index (Phi) is 4.84. The monoisotopic (exact) mass is 294 g/mol. The lowest BCUT2D eigenvalue weighted by Gasteiger charge is -2.37. The van der Waals surface area contributed by atoms with Crippen molar-refractivity contribution in [3.05, 3.63) is 11.7 Å². The van der Waals surface area contributed by atoms with Gasteiger partial charge in [-0.1, -0.05) is 5.16 Å². The van der Waals surface area contributed by atoms with Gasteiger partial charge in [-0.2, -0.15) is 4.98 Å². The van der Waals surface area contributed by atoms with Crippen molar-refractivity contribution in [2.45, 2.75) is 19.0 Å².